The van der Waals surface area contributed by atoms with Gasteiger partial charge in [0.25, 0.3) is 5.91 Å². The Bertz CT molecular complexity index is 1260. The predicted molar refractivity (Wildman–Crippen MR) is 122 cm³/mol. The van der Waals surface area contributed by atoms with Crippen molar-refractivity contribution in [2.24, 2.45) is 0 Å². The number of morpholine rings is 1. The van der Waals surface area contributed by atoms with Crippen LogP contribution < -0.4 is 0 Å². The molecule has 0 unspecified atom stereocenters. The highest BCUT2D eigenvalue weighted by molar-refractivity contribution is 6.31. The monoisotopic (exact) mass is 463 g/mol. The first kappa shape index (κ1) is 21.3. The molecule has 1 saturated heterocycles. The SMILES string of the molecule is Cc1ccc(-n2nccn2)c(C(=O)N2CCOC[C@H]2Cc2cc(-n3nccn3)ccc2Cl)c1. The zero-order chi connectivity index (χ0) is 22.8. The third-order valence-corrected chi connectivity index (χ3v) is 6.01. The topological polar surface area (TPSA) is 91.0 Å². The van der Waals surface area contributed by atoms with Crippen molar-refractivity contribution in [2.75, 3.05) is 19.8 Å². The molecule has 0 N–H and O–H groups in total. The standard InChI is InChI=1S/C23H22ClN7O2/c1-16-2-5-22(31-27-8-9-28-31)20(12-16)23(32)29-10-11-33-15-19(29)14-17-13-18(3-4-21(17)24)30-25-6-7-26-30/h2-9,12-13,19H,10-11,14-15H2,1H3/t19-/m1/s1. The third kappa shape index (κ3) is 4.37. The lowest BCUT2D eigenvalue weighted by Gasteiger charge is -2.36. The van der Waals surface area contributed by atoms with Gasteiger partial charge in [-0.3, -0.25) is 4.79 Å². The molecule has 1 aliphatic rings. The van der Waals surface area contributed by atoms with Gasteiger partial charge in [-0.2, -0.15) is 30.0 Å². The van der Waals surface area contributed by atoms with Crippen LogP contribution in [0.5, 0.6) is 0 Å². The molecule has 2 aromatic carbocycles. The summed E-state index contributed by atoms with van der Waals surface area (Å²) in [5.74, 6) is -0.0830. The van der Waals surface area contributed by atoms with Crippen molar-refractivity contribution < 1.29 is 9.53 Å². The van der Waals surface area contributed by atoms with E-state index in [0.717, 1.165) is 16.8 Å². The molecular weight excluding hydrogens is 442 g/mol. The molecule has 33 heavy (non-hydrogen) atoms. The van der Waals surface area contributed by atoms with E-state index in [1.165, 1.54) is 9.59 Å². The van der Waals surface area contributed by atoms with Crippen LogP contribution in [0.15, 0.2) is 61.2 Å². The van der Waals surface area contributed by atoms with Crippen molar-refractivity contribution >= 4 is 17.5 Å². The van der Waals surface area contributed by atoms with E-state index in [0.29, 0.717) is 42.5 Å². The van der Waals surface area contributed by atoms with Crippen LogP contribution in [0.25, 0.3) is 11.4 Å². The van der Waals surface area contributed by atoms with Crippen molar-refractivity contribution in [1.82, 2.24) is 34.9 Å². The fraction of sp³-hybridized carbons (Fsp3) is 0.261. The predicted octanol–water partition coefficient (Wildman–Crippen LogP) is 2.89. The molecular formula is C23H22ClN7O2. The van der Waals surface area contributed by atoms with E-state index in [-0.39, 0.29) is 11.9 Å². The number of nitrogens with zero attached hydrogens (tertiary/aromatic N) is 7. The smallest absolute Gasteiger partial charge is 0.256 e. The number of ether oxygens (including phenoxy) is 1. The van der Waals surface area contributed by atoms with Gasteiger partial charge in [0.05, 0.1) is 61.0 Å². The summed E-state index contributed by atoms with van der Waals surface area (Å²) >= 11 is 6.52. The number of carbonyl (C=O) groups is 1. The van der Waals surface area contributed by atoms with Crippen LogP contribution in [0.3, 0.4) is 0 Å². The Kier molecular flexibility index (Phi) is 5.89. The zero-order valence-corrected chi connectivity index (χ0v) is 18.8. The number of hydrogen-bond donors (Lipinski definition) is 0. The fourth-order valence-corrected chi connectivity index (χ4v) is 4.22. The van der Waals surface area contributed by atoms with Crippen LogP contribution in [0.1, 0.15) is 21.5 Å². The van der Waals surface area contributed by atoms with E-state index in [1.807, 2.05) is 48.2 Å². The first-order chi connectivity index (χ1) is 16.1. The van der Waals surface area contributed by atoms with Gasteiger partial charge in [-0.05, 0) is 49.2 Å². The minimum atomic E-state index is -0.177. The van der Waals surface area contributed by atoms with E-state index in [1.54, 1.807) is 24.8 Å². The molecule has 0 radical (unpaired) electrons. The normalized spacial score (nSPS) is 16.2. The first-order valence-corrected chi connectivity index (χ1v) is 11.0. The van der Waals surface area contributed by atoms with Crippen molar-refractivity contribution in [3.8, 4) is 11.4 Å². The Morgan fingerprint density at radius 3 is 2.52 bits per heavy atom. The summed E-state index contributed by atoms with van der Waals surface area (Å²) in [5.41, 5.74) is 3.89. The van der Waals surface area contributed by atoms with Crippen molar-refractivity contribution in [1.29, 1.82) is 0 Å². The molecule has 10 heteroatoms. The molecule has 1 aliphatic heterocycles. The average molecular weight is 464 g/mol. The number of rotatable bonds is 5. The van der Waals surface area contributed by atoms with E-state index >= 15 is 0 Å². The van der Waals surface area contributed by atoms with Crippen LogP contribution in [0, 0.1) is 6.92 Å². The van der Waals surface area contributed by atoms with Crippen LogP contribution in [0.4, 0.5) is 0 Å². The molecule has 0 aliphatic carbocycles. The molecule has 2 aromatic heterocycles. The molecule has 9 nitrogen and oxygen atoms in total. The number of amides is 1. The molecule has 1 fully saturated rings. The van der Waals surface area contributed by atoms with Gasteiger partial charge in [0.15, 0.2) is 0 Å². The highest BCUT2D eigenvalue weighted by atomic mass is 35.5. The maximum absolute atomic E-state index is 13.8. The van der Waals surface area contributed by atoms with Gasteiger partial charge in [-0.15, -0.1) is 0 Å². The largest absolute Gasteiger partial charge is 0.377 e. The summed E-state index contributed by atoms with van der Waals surface area (Å²) in [5, 5.41) is 17.4. The number of aryl methyl sites for hydroxylation is 1. The van der Waals surface area contributed by atoms with Gasteiger partial charge in [0.1, 0.15) is 0 Å². The average Bonchev–Trinajstić information content (AvgIpc) is 3.55. The summed E-state index contributed by atoms with van der Waals surface area (Å²) < 4.78 is 5.74. The van der Waals surface area contributed by atoms with Gasteiger partial charge in [-0.25, -0.2) is 0 Å². The zero-order valence-electron chi connectivity index (χ0n) is 18.0. The minimum Gasteiger partial charge on any atom is -0.377 e. The molecule has 0 saturated carbocycles. The van der Waals surface area contributed by atoms with Crippen LogP contribution >= 0.6 is 11.6 Å². The van der Waals surface area contributed by atoms with Crippen LogP contribution in [0.2, 0.25) is 5.02 Å². The Labute approximate surface area is 195 Å². The van der Waals surface area contributed by atoms with E-state index in [4.69, 9.17) is 16.3 Å². The van der Waals surface area contributed by atoms with E-state index in [9.17, 15) is 4.79 Å². The molecule has 1 amide bonds. The molecule has 3 heterocycles. The summed E-state index contributed by atoms with van der Waals surface area (Å²) in [4.78, 5) is 18.6. The molecule has 4 aromatic rings. The van der Waals surface area contributed by atoms with Crippen molar-refractivity contribution in [3.63, 3.8) is 0 Å². The lowest BCUT2D eigenvalue weighted by atomic mass is 10.0. The lowest BCUT2D eigenvalue weighted by Crippen LogP contribution is -2.50. The first-order valence-electron chi connectivity index (χ1n) is 10.6. The second kappa shape index (κ2) is 9.13. The highest BCUT2D eigenvalue weighted by Gasteiger charge is 2.30. The second-order valence-corrected chi connectivity index (χ2v) is 8.27. The lowest BCUT2D eigenvalue weighted by molar-refractivity contribution is -0.00165. The summed E-state index contributed by atoms with van der Waals surface area (Å²) in [6, 6.07) is 11.2. The molecule has 0 bridgehead atoms. The summed E-state index contributed by atoms with van der Waals surface area (Å²) in [6.45, 7) is 3.35. The molecule has 5 rings (SSSR count). The van der Waals surface area contributed by atoms with Crippen LogP contribution in [-0.4, -0.2) is 66.6 Å². The second-order valence-electron chi connectivity index (χ2n) is 7.86. The summed E-state index contributed by atoms with van der Waals surface area (Å²) in [7, 11) is 0. The van der Waals surface area contributed by atoms with E-state index < -0.39 is 0 Å². The van der Waals surface area contributed by atoms with Gasteiger partial charge in [0.2, 0.25) is 0 Å². The number of aromatic nitrogens is 6. The van der Waals surface area contributed by atoms with Crippen molar-refractivity contribution in [3.05, 3.63) is 82.9 Å². The Morgan fingerprint density at radius 1 is 1.03 bits per heavy atom. The summed E-state index contributed by atoms with van der Waals surface area (Å²) in [6.07, 6.45) is 6.97. The number of benzene rings is 2. The number of carbonyl (C=O) groups excluding carboxylic acids is 1. The Morgan fingerprint density at radius 2 is 1.76 bits per heavy atom. The van der Waals surface area contributed by atoms with Gasteiger partial charge in [-0.1, -0.05) is 23.2 Å². The highest BCUT2D eigenvalue weighted by Crippen LogP contribution is 2.25. The third-order valence-electron chi connectivity index (χ3n) is 5.64. The maximum atomic E-state index is 13.8. The molecule has 1 atom stereocenters. The minimum absolute atomic E-state index is 0.0830. The Hall–Kier alpha value is -3.56. The number of halogens is 1. The molecule has 168 valence electrons. The van der Waals surface area contributed by atoms with Gasteiger partial charge >= 0.3 is 0 Å². The Balaban J connectivity index is 1.46. The quantitative estimate of drug-likeness (QED) is 0.452. The van der Waals surface area contributed by atoms with Gasteiger partial charge in [0, 0.05) is 11.6 Å². The van der Waals surface area contributed by atoms with Gasteiger partial charge < -0.3 is 9.64 Å². The van der Waals surface area contributed by atoms with Crippen molar-refractivity contribution in [2.45, 2.75) is 19.4 Å². The maximum Gasteiger partial charge on any atom is 0.256 e. The fourth-order valence-electron chi connectivity index (χ4n) is 4.03. The number of hydrogen-bond acceptors (Lipinski definition) is 6. The van der Waals surface area contributed by atoms with Crippen LogP contribution in [-0.2, 0) is 11.2 Å². The van der Waals surface area contributed by atoms with E-state index in [2.05, 4.69) is 20.4 Å². The molecule has 0 spiro atoms.